The van der Waals surface area contributed by atoms with E-state index in [1.165, 1.54) is 27.7 Å². The van der Waals surface area contributed by atoms with Gasteiger partial charge in [-0.15, -0.1) is 0 Å². The fourth-order valence-corrected chi connectivity index (χ4v) is 7.66. The fraction of sp³-hybridized carbons (Fsp3) is 0.900. The quantitative estimate of drug-likeness (QED) is 0.0682. The molecule has 72 heavy (non-hydrogen) atoms. The average Bonchev–Trinajstić information content (AvgIpc) is 3.31. The molecule has 424 valence electrons. The van der Waals surface area contributed by atoms with Crippen LogP contribution in [0.4, 0.5) is 0 Å². The number of ether oxygens (including phenoxy) is 4. The minimum Gasteiger partial charge on any atom is -0.477 e. The maximum atomic E-state index is 10.9. The average molecular weight is 1060 g/mol. The molecule has 0 saturated carbocycles. The zero-order chi connectivity index (χ0) is 56.3. The van der Waals surface area contributed by atoms with Crippen LogP contribution >= 0.6 is 0 Å². The Morgan fingerprint density at radius 3 is 0.625 bits per heavy atom. The molecule has 0 bridgehead atoms. The van der Waals surface area contributed by atoms with Crippen molar-refractivity contribution in [3.05, 3.63) is 0 Å². The topological polar surface area (TPSA) is 591 Å². The number of hydrogen-bond donors (Lipinski definition) is 24. The Hall–Kier alpha value is -3.08. The summed E-state index contributed by atoms with van der Waals surface area (Å²) in [5, 5.41) is 224. The van der Waals surface area contributed by atoms with Gasteiger partial charge in [0.25, 0.3) is 23.1 Å². The number of aliphatic carboxylic acids is 4. The predicted molar refractivity (Wildman–Crippen MR) is 225 cm³/mol. The van der Waals surface area contributed by atoms with E-state index in [0.29, 0.717) is 0 Å². The highest BCUT2D eigenvalue weighted by Gasteiger charge is 2.55. The Labute approximate surface area is 408 Å². The van der Waals surface area contributed by atoms with E-state index in [0.717, 1.165) is 0 Å². The zero-order valence-corrected chi connectivity index (χ0v) is 39.2. The normalized spacial score (nSPS) is 40.2. The van der Waals surface area contributed by atoms with Crippen molar-refractivity contribution < 1.29 is 161 Å². The Balaban J connectivity index is 0.000000480. The maximum Gasteiger partial charge on any atom is 0.364 e. The minimum atomic E-state index is -2.62. The molecule has 4 saturated heterocycles. The number of carbonyl (C=O) groups is 4. The molecule has 0 aliphatic carbocycles. The first-order valence-corrected chi connectivity index (χ1v) is 22.1. The monoisotopic (exact) mass is 1060 g/mol. The van der Waals surface area contributed by atoms with Gasteiger partial charge in [0, 0.05) is 49.4 Å². The van der Waals surface area contributed by atoms with Crippen LogP contribution in [0.25, 0.3) is 0 Å². The van der Waals surface area contributed by atoms with Crippen molar-refractivity contribution in [2.24, 2.45) is 23.7 Å². The fourth-order valence-electron chi connectivity index (χ4n) is 7.66. The molecule has 32 heteroatoms. The van der Waals surface area contributed by atoms with Crippen molar-refractivity contribution >= 4 is 23.9 Å². The zero-order valence-electron chi connectivity index (χ0n) is 39.2. The van der Waals surface area contributed by atoms with Crippen LogP contribution in [0.5, 0.6) is 0 Å². The summed E-state index contributed by atoms with van der Waals surface area (Å²) in [6.45, 7) is 2.89. The van der Waals surface area contributed by atoms with Gasteiger partial charge in [-0.1, -0.05) is 27.7 Å². The number of aliphatic hydroxyl groups excluding tert-OH is 16. The van der Waals surface area contributed by atoms with E-state index in [-0.39, 0.29) is 0 Å². The molecule has 24 atom stereocenters. The summed E-state index contributed by atoms with van der Waals surface area (Å²) in [6, 6.07) is 0. The van der Waals surface area contributed by atoms with Crippen LogP contribution in [0.15, 0.2) is 0 Å². The van der Waals surface area contributed by atoms with Crippen molar-refractivity contribution in [3.63, 3.8) is 0 Å². The summed E-state index contributed by atoms with van der Waals surface area (Å²) in [5.74, 6) is -20.1. The number of carboxylic acids is 4. The van der Waals surface area contributed by atoms with E-state index >= 15 is 0 Å². The smallest absolute Gasteiger partial charge is 0.364 e. The molecule has 32 nitrogen and oxygen atoms in total. The van der Waals surface area contributed by atoms with E-state index < -0.39 is 220 Å². The van der Waals surface area contributed by atoms with E-state index in [9.17, 15) is 101 Å². The molecule has 4 heterocycles. The highest BCUT2D eigenvalue weighted by molar-refractivity contribution is 5.76. The Bertz CT molecular complexity index is 1470. The van der Waals surface area contributed by atoms with Crippen molar-refractivity contribution in [3.8, 4) is 0 Å². The molecule has 0 aromatic carbocycles. The van der Waals surface area contributed by atoms with Crippen LogP contribution in [0.1, 0.15) is 53.4 Å². The highest BCUT2D eigenvalue weighted by Crippen LogP contribution is 2.37. The van der Waals surface area contributed by atoms with Crippen molar-refractivity contribution in [1.82, 2.24) is 0 Å². The van der Waals surface area contributed by atoms with Crippen LogP contribution in [0, 0.1) is 23.7 Å². The number of aliphatic hydroxyl groups is 20. The molecule has 0 spiro atoms. The first kappa shape index (κ1) is 66.9. The Morgan fingerprint density at radius 2 is 0.514 bits per heavy atom. The molecule has 4 aliphatic heterocycles. The molecule has 4 aliphatic rings. The van der Waals surface area contributed by atoms with Crippen LogP contribution in [0.3, 0.4) is 0 Å². The summed E-state index contributed by atoms with van der Waals surface area (Å²) in [6.07, 6.45) is -25.0. The second kappa shape index (κ2) is 27.6. The predicted octanol–water partition coefficient (Wildman–Crippen LogP) is -11.0. The number of hydrogen-bond acceptors (Lipinski definition) is 28. The minimum absolute atomic E-state index is 0.540. The third-order valence-corrected chi connectivity index (χ3v) is 12.8. The van der Waals surface area contributed by atoms with Crippen LogP contribution < -0.4 is 0 Å². The van der Waals surface area contributed by atoms with Crippen LogP contribution in [-0.2, 0) is 38.1 Å². The van der Waals surface area contributed by atoms with Crippen molar-refractivity contribution in [2.45, 2.75) is 174 Å². The molecule has 0 radical (unpaired) electrons. The molecular weight excluding hydrogens is 992 g/mol. The molecule has 0 aromatic rings. The van der Waals surface area contributed by atoms with Gasteiger partial charge in [-0.2, -0.15) is 0 Å². The van der Waals surface area contributed by atoms with E-state index in [4.69, 9.17) is 59.8 Å². The lowest BCUT2D eigenvalue weighted by Crippen LogP contribution is -2.60. The lowest BCUT2D eigenvalue weighted by molar-refractivity contribution is -0.302. The van der Waals surface area contributed by atoms with Gasteiger partial charge in [0.1, 0.15) is 48.8 Å². The first-order chi connectivity index (χ1) is 32.9. The van der Waals surface area contributed by atoms with Crippen molar-refractivity contribution in [2.75, 3.05) is 26.4 Å². The lowest BCUT2D eigenvalue weighted by Gasteiger charge is -2.43. The van der Waals surface area contributed by atoms with E-state index in [1.807, 2.05) is 0 Å². The van der Waals surface area contributed by atoms with Gasteiger partial charge in [0.05, 0.1) is 75.3 Å². The summed E-state index contributed by atoms with van der Waals surface area (Å²) in [4.78, 5) is 43.4. The van der Waals surface area contributed by atoms with Gasteiger partial charge in [-0.05, 0) is 0 Å². The molecule has 4 rings (SSSR count). The summed E-state index contributed by atoms with van der Waals surface area (Å²) < 4.78 is 19.5. The van der Waals surface area contributed by atoms with Gasteiger partial charge < -0.3 is 142 Å². The van der Waals surface area contributed by atoms with E-state index in [2.05, 4.69) is 0 Å². The third kappa shape index (κ3) is 16.5. The summed E-state index contributed by atoms with van der Waals surface area (Å²) >= 11 is 0. The second-order valence-electron chi connectivity index (χ2n) is 18.2. The molecule has 24 N–H and O–H groups in total. The van der Waals surface area contributed by atoms with E-state index in [1.54, 1.807) is 0 Å². The van der Waals surface area contributed by atoms with Gasteiger partial charge in [0.15, 0.2) is 0 Å². The van der Waals surface area contributed by atoms with Gasteiger partial charge in [-0.25, -0.2) is 19.2 Å². The molecular formula is C40H72O32. The lowest BCUT2D eigenvalue weighted by atomic mass is 9.85. The summed E-state index contributed by atoms with van der Waals surface area (Å²) in [5.41, 5.74) is 0. The van der Waals surface area contributed by atoms with Crippen molar-refractivity contribution in [1.29, 1.82) is 0 Å². The molecule has 24 unspecified atom stereocenters. The Morgan fingerprint density at radius 1 is 0.375 bits per heavy atom. The largest absolute Gasteiger partial charge is 0.477 e. The Kier molecular flexibility index (Phi) is 25.7. The maximum absolute atomic E-state index is 10.9. The SMILES string of the molecule is CC1C(O)CC(O)(C(=O)O)OC1C(O)C(O)CO.CC1C(O)CC(O)(C(=O)O)OC1C(O)C(O)CO.CC1C(O)CC(O)(C(=O)O)OC1C(O)C(O)CO.CC1C(O)CC(O)(C(=O)O)OC1C(O)C(O)CO. The number of carboxylic acid groups (broad SMARTS) is 4. The third-order valence-electron chi connectivity index (χ3n) is 12.8. The second-order valence-corrected chi connectivity index (χ2v) is 18.2. The van der Waals surface area contributed by atoms with Gasteiger partial charge >= 0.3 is 23.9 Å². The molecule has 0 aromatic heterocycles. The molecule has 4 fully saturated rings. The highest BCUT2D eigenvalue weighted by atomic mass is 16.7. The molecule has 0 amide bonds. The van der Waals surface area contributed by atoms with Gasteiger partial charge in [0.2, 0.25) is 0 Å². The van der Waals surface area contributed by atoms with Crippen LogP contribution in [0.2, 0.25) is 0 Å². The van der Waals surface area contributed by atoms with Gasteiger partial charge in [-0.3, -0.25) is 0 Å². The first-order valence-electron chi connectivity index (χ1n) is 22.1. The van der Waals surface area contributed by atoms with Crippen LogP contribution in [-0.4, -0.2) is 294 Å². The standard InChI is InChI=1S/4C10H18O8/c4*1-4-5(12)2-10(17,9(15)16)18-8(4)7(14)6(13)3-11/h4*4-8,11-14,17H,2-3H2,1H3,(H,15,16). The summed E-state index contributed by atoms with van der Waals surface area (Å²) in [7, 11) is 0. The number of rotatable bonds is 16.